The normalized spacial score (nSPS) is 14.0. The summed E-state index contributed by atoms with van der Waals surface area (Å²) in [5.41, 5.74) is 7.74. The minimum absolute atomic E-state index is 0.484. The summed E-state index contributed by atoms with van der Waals surface area (Å²) in [4.78, 5) is 4.45. The molecule has 112 valence electrons. The lowest BCUT2D eigenvalue weighted by molar-refractivity contribution is 0.325. The maximum absolute atomic E-state index is 6.23. The van der Waals surface area contributed by atoms with E-state index in [1.165, 1.54) is 0 Å². The highest BCUT2D eigenvalue weighted by atomic mass is 16.5. The molecule has 0 amide bonds. The van der Waals surface area contributed by atoms with Crippen LogP contribution < -0.4 is 19.9 Å². The first-order valence-electron chi connectivity index (χ1n) is 6.82. The van der Waals surface area contributed by atoms with Gasteiger partial charge in [0.15, 0.2) is 11.5 Å². The average Bonchev–Trinajstić information content (AvgIpc) is 3.28. The van der Waals surface area contributed by atoms with Gasteiger partial charge in [-0.3, -0.25) is 0 Å². The summed E-state index contributed by atoms with van der Waals surface area (Å²) in [6, 6.07) is 4.19. The number of nitrogen functional groups attached to an aromatic ring is 1. The maximum Gasteiger partial charge on any atom is 0.203 e. The van der Waals surface area contributed by atoms with E-state index in [0.29, 0.717) is 34.8 Å². The van der Waals surface area contributed by atoms with Crippen LogP contribution >= 0.6 is 0 Å². The number of hydrogen-bond donors (Lipinski definition) is 1. The Labute approximate surface area is 123 Å². The third-order valence-electron chi connectivity index (χ3n) is 3.73. The van der Waals surface area contributed by atoms with Crippen molar-refractivity contribution in [3.8, 4) is 28.5 Å². The summed E-state index contributed by atoms with van der Waals surface area (Å²) in [7, 11) is 4.76. The molecule has 1 aliphatic rings. The number of imidazole rings is 1. The highest BCUT2D eigenvalue weighted by molar-refractivity contribution is 5.80. The molecule has 1 aliphatic carbocycles. The molecule has 0 bridgehead atoms. The Bertz CT molecular complexity index is 662. The van der Waals surface area contributed by atoms with Crippen LogP contribution in [0.1, 0.15) is 18.9 Å². The van der Waals surface area contributed by atoms with Crippen LogP contribution in [0.15, 0.2) is 18.5 Å². The molecule has 0 saturated heterocycles. The Morgan fingerprint density at radius 3 is 2.38 bits per heavy atom. The Morgan fingerprint density at radius 2 is 1.81 bits per heavy atom. The van der Waals surface area contributed by atoms with Crippen molar-refractivity contribution in [2.45, 2.75) is 18.9 Å². The lowest BCUT2D eigenvalue weighted by Crippen LogP contribution is -2.01. The molecule has 2 N–H and O–H groups in total. The van der Waals surface area contributed by atoms with E-state index in [1.54, 1.807) is 27.7 Å². The predicted molar refractivity (Wildman–Crippen MR) is 80.0 cm³/mol. The third-order valence-corrected chi connectivity index (χ3v) is 3.73. The summed E-state index contributed by atoms with van der Waals surface area (Å²) in [6.45, 7) is 0. The second kappa shape index (κ2) is 5.20. The summed E-state index contributed by atoms with van der Waals surface area (Å²) in [5.74, 6) is 2.38. The first-order valence-corrected chi connectivity index (χ1v) is 6.82. The molecule has 0 aliphatic heterocycles. The smallest absolute Gasteiger partial charge is 0.203 e. The van der Waals surface area contributed by atoms with Crippen LogP contribution in [0.3, 0.4) is 0 Å². The molecule has 0 unspecified atom stereocenters. The van der Waals surface area contributed by atoms with Crippen molar-refractivity contribution >= 4 is 5.82 Å². The first-order chi connectivity index (χ1) is 10.2. The van der Waals surface area contributed by atoms with Gasteiger partial charge in [0.1, 0.15) is 11.5 Å². The zero-order valence-corrected chi connectivity index (χ0v) is 12.4. The van der Waals surface area contributed by atoms with Crippen molar-refractivity contribution in [1.82, 2.24) is 9.55 Å². The van der Waals surface area contributed by atoms with Gasteiger partial charge in [-0.15, -0.1) is 0 Å². The first kappa shape index (κ1) is 13.6. The Kier molecular flexibility index (Phi) is 3.37. The topological polar surface area (TPSA) is 71.5 Å². The fourth-order valence-electron chi connectivity index (χ4n) is 2.51. The SMILES string of the molecule is COc1ccc(-c2ncn(C3CC3)c2N)c(OC)c1OC. The molecule has 21 heavy (non-hydrogen) atoms. The summed E-state index contributed by atoms with van der Waals surface area (Å²) in [6.07, 6.45) is 4.10. The number of nitrogens with two attached hydrogens (primary N) is 1. The van der Waals surface area contributed by atoms with Crippen LogP contribution in [0.25, 0.3) is 11.3 Å². The molecule has 0 atom stereocenters. The van der Waals surface area contributed by atoms with E-state index < -0.39 is 0 Å². The highest BCUT2D eigenvalue weighted by Crippen LogP contribution is 2.46. The Morgan fingerprint density at radius 1 is 1.10 bits per heavy atom. The van der Waals surface area contributed by atoms with E-state index >= 15 is 0 Å². The zero-order chi connectivity index (χ0) is 15.0. The van der Waals surface area contributed by atoms with Crippen molar-refractivity contribution in [3.05, 3.63) is 18.5 Å². The number of rotatable bonds is 5. The van der Waals surface area contributed by atoms with E-state index in [2.05, 4.69) is 4.98 Å². The molecule has 0 radical (unpaired) electrons. The summed E-state index contributed by atoms with van der Waals surface area (Å²) in [5, 5.41) is 0. The van der Waals surface area contributed by atoms with Gasteiger partial charge in [0.05, 0.1) is 33.2 Å². The van der Waals surface area contributed by atoms with Crippen molar-refractivity contribution in [1.29, 1.82) is 0 Å². The Hall–Kier alpha value is -2.37. The molecule has 6 nitrogen and oxygen atoms in total. The molecule has 1 saturated carbocycles. The number of benzene rings is 1. The second-order valence-electron chi connectivity index (χ2n) is 5.00. The third kappa shape index (κ3) is 2.16. The predicted octanol–water partition coefficient (Wildman–Crippen LogP) is 2.49. The van der Waals surface area contributed by atoms with E-state index in [-0.39, 0.29) is 0 Å². The fraction of sp³-hybridized carbons (Fsp3) is 0.400. The van der Waals surface area contributed by atoms with Crippen LogP contribution in [-0.4, -0.2) is 30.9 Å². The van der Waals surface area contributed by atoms with Crippen molar-refractivity contribution in [2.75, 3.05) is 27.1 Å². The number of anilines is 1. The van der Waals surface area contributed by atoms with Crippen LogP contribution in [-0.2, 0) is 0 Å². The molecular weight excluding hydrogens is 270 g/mol. The van der Waals surface area contributed by atoms with Crippen LogP contribution in [0.2, 0.25) is 0 Å². The van der Waals surface area contributed by atoms with Crippen molar-refractivity contribution in [3.63, 3.8) is 0 Å². The summed E-state index contributed by atoms with van der Waals surface area (Å²) >= 11 is 0. The molecule has 1 heterocycles. The molecule has 2 aromatic rings. The van der Waals surface area contributed by atoms with Crippen molar-refractivity contribution < 1.29 is 14.2 Å². The van der Waals surface area contributed by atoms with E-state index in [4.69, 9.17) is 19.9 Å². The second-order valence-corrected chi connectivity index (χ2v) is 5.00. The molecule has 6 heteroatoms. The van der Waals surface area contributed by atoms with Crippen LogP contribution in [0.4, 0.5) is 5.82 Å². The van der Waals surface area contributed by atoms with Gasteiger partial charge in [0.2, 0.25) is 5.75 Å². The van der Waals surface area contributed by atoms with Gasteiger partial charge >= 0.3 is 0 Å². The minimum atomic E-state index is 0.484. The van der Waals surface area contributed by atoms with Gasteiger partial charge in [-0.25, -0.2) is 4.98 Å². The average molecular weight is 289 g/mol. The van der Waals surface area contributed by atoms with Crippen molar-refractivity contribution in [2.24, 2.45) is 0 Å². The highest BCUT2D eigenvalue weighted by Gasteiger charge is 2.28. The van der Waals surface area contributed by atoms with E-state index in [9.17, 15) is 0 Å². The molecular formula is C15H19N3O3. The number of nitrogens with zero attached hydrogens (tertiary/aromatic N) is 2. The van der Waals surface area contributed by atoms with Gasteiger partial charge in [-0.05, 0) is 25.0 Å². The monoisotopic (exact) mass is 289 g/mol. The van der Waals surface area contributed by atoms with E-state index in [1.807, 2.05) is 16.7 Å². The Balaban J connectivity index is 2.13. The quantitative estimate of drug-likeness (QED) is 0.915. The van der Waals surface area contributed by atoms with E-state index in [0.717, 1.165) is 18.4 Å². The minimum Gasteiger partial charge on any atom is -0.493 e. The number of aromatic nitrogens is 2. The van der Waals surface area contributed by atoms with Gasteiger partial charge < -0.3 is 24.5 Å². The van der Waals surface area contributed by atoms with Gasteiger partial charge in [-0.2, -0.15) is 0 Å². The standard InChI is InChI=1S/C15H19N3O3/c1-19-11-7-6-10(13(20-2)14(11)21-3)12-15(16)18(8-17-12)9-4-5-9/h6-9H,4-5,16H2,1-3H3. The van der Waals surface area contributed by atoms with Crippen LogP contribution in [0, 0.1) is 0 Å². The molecule has 3 rings (SSSR count). The lowest BCUT2D eigenvalue weighted by Gasteiger charge is -2.15. The van der Waals surface area contributed by atoms with Gasteiger partial charge in [-0.1, -0.05) is 0 Å². The molecule has 1 fully saturated rings. The van der Waals surface area contributed by atoms with Gasteiger partial charge in [0.25, 0.3) is 0 Å². The van der Waals surface area contributed by atoms with Gasteiger partial charge in [0, 0.05) is 6.04 Å². The lowest BCUT2D eigenvalue weighted by atomic mass is 10.1. The molecule has 1 aromatic heterocycles. The molecule has 0 spiro atoms. The summed E-state index contributed by atoms with van der Waals surface area (Å²) < 4.78 is 18.2. The number of methoxy groups -OCH3 is 3. The molecule has 1 aromatic carbocycles. The zero-order valence-electron chi connectivity index (χ0n) is 12.4. The maximum atomic E-state index is 6.23. The largest absolute Gasteiger partial charge is 0.493 e. The number of ether oxygens (including phenoxy) is 3. The number of hydrogen-bond acceptors (Lipinski definition) is 5. The van der Waals surface area contributed by atoms with Crippen LogP contribution in [0.5, 0.6) is 17.2 Å². The fourth-order valence-corrected chi connectivity index (χ4v) is 2.51.